The van der Waals surface area contributed by atoms with Crippen molar-refractivity contribution >= 4 is 28.9 Å². The summed E-state index contributed by atoms with van der Waals surface area (Å²) >= 11 is 12.4. The Hall–Kier alpha value is -0.860. The van der Waals surface area contributed by atoms with Crippen molar-refractivity contribution in [1.29, 1.82) is 0 Å². The summed E-state index contributed by atoms with van der Waals surface area (Å²) in [5, 5.41) is 0.997. The van der Waals surface area contributed by atoms with Gasteiger partial charge in [0.1, 0.15) is 10.8 Å². The van der Waals surface area contributed by atoms with Crippen LogP contribution in [0.25, 0.3) is 5.70 Å². The van der Waals surface area contributed by atoms with Gasteiger partial charge in [-0.1, -0.05) is 29.3 Å². The summed E-state index contributed by atoms with van der Waals surface area (Å²) in [5.41, 5.74) is 8.78. The van der Waals surface area contributed by atoms with Crippen molar-refractivity contribution in [2.75, 3.05) is 6.61 Å². The van der Waals surface area contributed by atoms with E-state index >= 15 is 0 Å². The molecular weight excluding hydrogens is 269 g/mol. The van der Waals surface area contributed by atoms with E-state index in [2.05, 4.69) is 0 Å². The third kappa shape index (κ3) is 2.60. The monoisotopic (exact) mass is 285 g/mol. The molecule has 0 saturated heterocycles. The molecule has 0 bridgehead atoms. The van der Waals surface area contributed by atoms with Gasteiger partial charge in [-0.15, -0.1) is 0 Å². The molecule has 1 aliphatic heterocycles. The Morgan fingerprint density at radius 1 is 1.33 bits per heavy atom. The van der Waals surface area contributed by atoms with Gasteiger partial charge in [-0.25, -0.2) is 0 Å². The number of rotatable bonds is 1. The van der Waals surface area contributed by atoms with Crippen LogP contribution in [0.5, 0.6) is 5.75 Å². The van der Waals surface area contributed by atoms with Crippen LogP contribution in [0.3, 0.4) is 0 Å². The highest BCUT2D eigenvalue weighted by atomic mass is 35.5. The lowest BCUT2D eigenvalue weighted by Crippen LogP contribution is -2.09. The second-order valence-electron chi connectivity index (χ2n) is 4.43. The first kappa shape index (κ1) is 13.6. The van der Waals surface area contributed by atoms with Crippen LogP contribution >= 0.6 is 23.2 Å². The fourth-order valence-electron chi connectivity index (χ4n) is 2.21. The number of hydrogen-bond acceptors (Lipinski definition) is 2. The van der Waals surface area contributed by atoms with Gasteiger partial charge in [0, 0.05) is 16.8 Å². The van der Waals surface area contributed by atoms with Gasteiger partial charge in [-0.2, -0.15) is 0 Å². The standard InChI is InChI=1S/C14H17Cl2NO/c1-2-12(17)10-8-11(15)13(16)14-9(10)6-4-3-5-7-18-14/h2,8H,3-7,17H2,1H3/b12-2+. The summed E-state index contributed by atoms with van der Waals surface area (Å²) in [6, 6.07) is 1.84. The zero-order chi connectivity index (χ0) is 13.1. The molecule has 1 aromatic carbocycles. The van der Waals surface area contributed by atoms with Gasteiger partial charge in [0.05, 0.1) is 11.6 Å². The molecule has 2 N–H and O–H groups in total. The fourth-order valence-corrected chi connectivity index (χ4v) is 2.63. The minimum Gasteiger partial charge on any atom is -0.492 e. The molecule has 0 unspecified atom stereocenters. The highest BCUT2D eigenvalue weighted by molar-refractivity contribution is 6.43. The fraction of sp³-hybridized carbons (Fsp3) is 0.429. The number of hydrogen-bond donors (Lipinski definition) is 1. The van der Waals surface area contributed by atoms with Crippen molar-refractivity contribution in [3.63, 3.8) is 0 Å². The predicted octanol–water partition coefficient (Wildman–Crippen LogP) is 4.42. The maximum Gasteiger partial charge on any atom is 0.143 e. The Bertz CT molecular complexity index is 483. The van der Waals surface area contributed by atoms with Crippen LogP contribution in [0.1, 0.15) is 37.3 Å². The molecule has 1 aliphatic rings. The number of allylic oxidation sites excluding steroid dienone is 1. The maximum absolute atomic E-state index is 6.24. The van der Waals surface area contributed by atoms with Crippen LogP contribution in [-0.2, 0) is 6.42 Å². The highest BCUT2D eigenvalue weighted by Gasteiger charge is 2.19. The molecule has 4 heteroatoms. The van der Waals surface area contributed by atoms with Crippen LogP contribution < -0.4 is 10.5 Å². The van der Waals surface area contributed by atoms with E-state index in [4.69, 9.17) is 33.7 Å². The Morgan fingerprint density at radius 2 is 2.11 bits per heavy atom. The van der Waals surface area contributed by atoms with E-state index in [0.717, 1.165) is 36.8 Å². The highest BCUT2D eigenvalue weighted by Crippen LogP contribution is 2.40. The van der Waals surface area contributed by atoms with E-state index in [0.29, 0.717) is 28.1 Å². The summed E-state index contributed by atoms with van der Waals surface area (Å²) in [5.74, 6) is 0.712. The molecule has 0 spiro atoms. The third-order valence-electron chi connectivity index (χ3n) is 3.22. The average molecular weight is 286 g/mol. The van der Waals surface area contributed by atoms with E-state index in [1.165, 1.54) is 0 Å². The average Bonchev–Trinajstić information content (AvgIpc) is 2.33. The minimum atomic E-state index is 0.496. The topological polar surface area (TPSA) is 35.2 Å². The Morgan fingerprint density at radius 3 is 2.83 bits per heavy atom. The van der Waals surface area contributed by atoms with Crippen LogP contribution in [0, 0.1) is 0 Å². The molecule has 0 aliphatic carbocycles. The number of ether oxygens (including phenoxy) is 1. The van der Waals surface area contributed by atoms with Crippen molar-refractivity contribution in [2.45, 2.75) is 32.6 Å². The lowest BCUT2D eigenvalue weighted by Gasteiger charge is -2.20. The van der Waals surface area contributed by atoms with Crippen molar-refractivity contribution in [3.05, 3.63) is 33.3 Å². The second-order valence-corrected chi connectivity index (χ2v) is 5.22. The van der Waals surface area contributed by atoms with Crippen LogP contribution in [0.15, 0.2) is 12.1 Å². The molecule has 2 rings (SSSR count). The molecule has 0 atom stereocenters. The summed E-state index contributed by atoms with van der Waals surface area (Å²) in [7, 11) is 0. The Balaban J connectivity index is 2.60. The van der Waals surface area contributed by atoms with E-state index in [1.54, 1.807) is 0 Å². The van der Waals surface area contributed by atoms with Gasteiger partial charge in [-0.05, 0) is 38.7 Å². The molecule has 0 fully saturated rings. The molecule has 1 aromatic rings. The summed E-state index contributed by atoms with van der Waals surface area (Å²) in [4.78, 5) is 0. The van der Waals surface area contributed by atoms with Crippen LogP contribution in [0.4, 0.5) is 0 Å². The lowest BCUT2D eigenvalue weighted by molar-refractivity contribution is 0.294. The number of fused-ring (bicyclic) bond motifs is 1. The summed E-state index contributed by atoms with van der Waals surface area (Å²) in [6.07, 6.45) is 6.14. The van der Waals surface area contributed by atoms with Crippen molar-refractivity contribution in [1.82, 2.24) is 0 Å². The molecular formula is C14H17Cl2NO. The predicted molar refractivity (Wildman–Crippen MR) is 77.4 cm³/mol. The van der Waals surface area contributed by atoms with Gasteiger partial charge in [0.15, 0.2) is 0 Å². The maximum atomic E-state index is 6.24. The zero-order valence-electron chi connectivity index (χ0n) is 10.4. The van der Waals surface area contributed by atoms with Gasteiger partial charge in [-0.3, -0.25) is 0 Å². The molecule has 2 nitrogen and oxygen atoms in total. The molecule has 0 amide bonds. The van der Waals surface area contributed by atoms with E-state index in [9.17, 15) is 0 Å². The van der Waals surface area contributed by atoms with Crippen molar-refractivity contribution < 1.29 is 4.74 Å². The van der Waals surface area contributed by atoms with Gasteiger partial charge in [0.25, 0.3) is 0 Å². The lowest BCUT2D eigenvalue weighted by atomic mass is 9.97. The Kier molecular flexibility index (Phi) is 4.41. The SMILES string of the molecule is C/C=C(/N)c1cc(Cl)c(Cl)c2c1CCCCCO2. The number of nitrogens with two attached hydrogens (primary N) is 1. The quantitative estimate of drug-likeness (QED) is 0.829. The molecule has 18 heavy (non-hydrogen) atoms. The normalized spacial score (nSPS) is 16.5. The molecule has 98 valence electrons. The van der Waals surface area contributed by atoms with Crippen molar-refractivity contribution in [3.8, 4) is 5.75 Å². The van der Waals surface area contributed by atoms with Gasteiger partial charge in [0.2, 0.25) is 0 Å². The van der Waals surface area contributed by atoms with Crippen molar-refractivity contribution in [2.24, 2.45) is 5.73 Å². The van der Waals surface area contributed by atoms with Crippen LogP contribution in [0.2, 0.25) is 10.0 Å². The Labute approximate surface area is 118 Å². The first-order chi connectivity index (χ1) is 8.65. The zero-order valence-corrected chi connectivity index (χ0v) is 11.9. The molecule has 1 heterocycles. The first-order valence-corrected chi connectivity index (χ1v) is 6.96. The smallest absolute Gasteiger partial charge is 0.143 e. The van der Waals surface area contributed by atoms with E-state index < -0.39 is 0 Å². The number of benzene rings is 1. The second kappa shape index (κ2) is 5.85. The summed E-state index contributed by atoms with van der Waals surface area (Å²) in [6.45, 7) is 2.59. The van der Waals surface area contributed by atoms with E-state index in [1.807, 2.05) is 19.1 Å². The molecule has 0 radical (unpaired) electrons. The minimum absolute atomic E-state index is 0.496. The molecule has 0 saturated carbocycles. The molecule has 0 aromatic heterocycles. The summed E-state index contributed by atoms with van der Waals surface area (Å²) < 4.78 is 5.78. The largest absolute Gasteiger partial charge is 0.492 e. The van der Waals surface area contributed by atoms with Gasteiger partial charge >= 0.3 is 0 Å². The van der Waals surface area contributed by atoms with Crippen LogP contribution in [-0.4, -0.2) is 6.61 Å². The van der Waals surface area contributed by atoms with Gasteiger partial charge < -0.3 is 10.5 Å². The first-order valence-electron chi connectivity index (χ1n) is 6.21. The third-order valence-corrected chi connectivity index (χ3v) is 3.99. The number of halogens is 2. The van der Waals surface area contributed by atoms with E-state index in [-0.39, 0.29) is 0 Å².